The van der Waals surface area contributed by atoms with Gasteiger partial charge in [-0.15, -0.1) is 0 Å². The topological polar surface area (TPSA) is 92.7 Å². The molecule has 0 fully saturated rings. The van der Waals surface area contributed by atoms with Gasteiger partial charge in [-0.1, -0.05) is 12.1 Å². The van der Waals surface area contributed by atoms with Crippen LogP contribution < -0.4 is 4.72 Å². The molecule has 1 aromatic carbocycles. The Balaban J connectivity index is 2.66. The number of carbonyl (C=O) groups excluding carboxylic acids is 1. The first kappa shape index (κ1) is 16.5. The van der Waals surface area contributed by atoms with Gasteiger partial charge in [0.25, 0.3) is 0 Å². The van der Waals surface area contributed by atoms with Crippen LogP contribution in [-0.2, 0) is 19.6 Å². The van der Waals surface area contributed by atoms with E-state index in [1.54, 1.807) is 38.1 Å². The maximum atomic E-state index is 11.8. The van der Waals surface area contributed by atoms with Crippen molar-refractivity contribution in [3.8, 4) is 0 Å². The van der Waals surface area contributed by atoms with E-state index < -0.39 is 22.1 Å². The molecular weight excluding hydrogens is 282 g/mol. The lowest BCUT2D eigenvalue weighted by molar-refractivity contribution is -0.142. The van der Waals surface area contributed by atoms with E-state index in [2.05, 4.69) is 9.46 Å². The molecule has 0 bridgehead atoms. The summed E-state index contributed by atoms with van der Waals surface area (Å²) in [5.74, 6) is -0.888. The molecule has 1 aromatic rings. The van der Waals surface area contributed by atoms with Crippen molar-refractivity contribution in [2.24, 2.45) is 0 Å². The number of aliphatic hydroxyl groups is 1. The predicted octanol–water partition coefficient (Wildman–Crippen LogP) is 1.43. The van der Waals surface area contributed by atoms with Crippen molar-refractivity contribution in [3.63, 3.8) is 0 Å². The summed E-state index contributed by atoms with van der Waals surface area (Å²) in [7, 11) is -3.62. The van der Waals surface area contributed by atoms with Gasteiger partial charge in [0.1, 0.15) is 0 Å². The fourth-order valence-corrected chi connectivity index (χ4v) is 2.57. The summed E-state index contributed by atoms with van der Waals surface area (Å²) in [6.45, 7) is 3.48. The van der Waals surface area contributed by atoms with E-state index in [4.69, 9.17) is 0 Å². The highest BCUT2D eigenvalue weighted by molar-refractivity contribution is 7.92. The van der Waals surface area contributed by atoms with Crippen LogP contribution >= 0.6 is 0 Å². The maximum absolute atomic E-state index is 11.8. The molecule has 0 saturated heterocycles. The second kappa shape index (κ2) is 7.25. The van der Waals surface area contributed by atoms with Crippen molar-refractivity contribution in [2.45, 2.75) is 26.4 Å². The minimum absolute atomic E-state index is 0.195. The number of carbonyl (C=O) groups is 1. The van der Waals surface area contributed by atoms with Crippen LogP contribution in [0.15, 0.2) is 24.3 Å². The predicted molar refractivity (Wildman–Crippen MR) is 75.7 cm³/mol. The van der Waals surface area contributed by atoms with Crippen LogP contribution in [0.25, 0.3) is 0 Å². The third kappa shape index (κ3) is 5.58. The fourth-order valence-electron chi connectivity index (χ4n) is 1.54. The zero-order chi connectivity index (χ0) is 15.2. The molecule has 0 amide bonds. The number of hydrogen-bond acceptors (Lipinski definition) is 5. The molecule has 0 heterocycles. The lowest BCUT2D eigenvalue weighted by Crippen LogP contribution is -2.20. The summed E-state index contributed by atoms with van der Waals surface area (Å²) in [5.41, 5.74) is 0.961. The van der Waals surface area contributed by atoms with Crippen LogP contribution in [0.1, 0.15) is 31.9 Å². The molecule has 0 spiro atoms. The first-order valence-corrected chi connectivity index (χ1v) is 7.93. The highest BCUT2D eigenvalue weighted by Crippen LogP contribution is 2.18. The van der Waals surface area contributed by atoms with Gasteiger partial charge in [-0.25, -0.2) is 8.42 Å². The van der Waals surface area contributed by atoms with Gasteiger partial charge in [0, 0.05) is 5.69 Å². The van der Waals surface area contributed by atoms with Crippen LogP contribution in [0, 0.1) is 0 Å². The largest absolute Gasteiger partial charge is 0.466 e. The molecule has 1 unspecified atom stereocenters. The summed E-state index contributed by atoms with van der Waals surface area (Å²) in [6, 6.07) is 6.46. The number of hydrogen-bond donors (Lipinski definition) is 2. The Kier molecular flexibility index (Phi) is 5.97. The molecule has 7 heteroatoms. The zero-order valence-electron chi connectivity index (χ0n) is 11.5. The van der Waals surface area contributed by atoms with E-state index in [1.807, 2.05) is 0 Å². The Hall–Kier alpha value is -1.60. The van der Waals surface area contributed by atoms with E-state index in [0.717, 1.165) is 0 Å². The molecule has 0 aliphatic heterocycles. The summed E-state index contributed by atoms with van der Waals surface area (Å²) < 4.78 is 30.7. The minimum Gasteiger partial charge on any atom is -0.466 e. The van der Waals surface area contributed by atoms with Crippen LogP contribution in [0.3, 0.4) is 0 Å². The van der Waals surface area contributed by atoms with Gasteiger partial charge in [0.2, 0.25) is 10.0 Å². The molecule has 112 valence electrons. The third-order valence-corrected chi connectivity index (χ3v) is 3.81. The van der Waals surface area contributed by atoms with E-state index in [-0.39, 0.29) is 18.8 Å². The Labute approximate surface area is 118 Å². The molecule has 20 heavy (non-hydrogen) atoms. The standard InChI is InChI=1S/C13H19NO5S/c1-3-19-13(16)7-8-20(17,18)14-12-6-4-5-11(9-12)10(2)15/h4-6,9-10,14-15H,3,7-8H2,1-2H3. The van der Waals surface area contributed by atoms with Crippen LogP contribution in [0.5, 0.6) is 0 Å². The fraction of sp³-hybridized carbons (Fsp3) is 0.462. The van der Waals surface area contributed by atoms with Gasteiger partial charge < -0.3 is 9.84 Å². The highest BCUT2D eigenvalue weighted by atomic mass is 32.2. The number of benzene rings is 1. The smallest absolute Gasteiger partial charge is 0.306 e. The average molecular weight is 301 g/mol. The van der Waals surface area contributed by atoms with Gasteiger partial charge in [0.15, 0.2) is 0 Å². The van der Waals surface area contributed by atoms with Crippen LogP contribution in [0.2, 0.25) is 0 Å². The Morgan fingerprint density at radius 3 is 2.75 bits per heavy atom. The van der Waals surface area contributed by atoms with Crippen LogP contribution in [-0.4, -0.2) is 31.9 Å². The van der Waals surface area contributed by atoms with Gasteiger partial charge in [-0.2, -0.15) is 0 Å². The lowest BCUT2D eigenvalue weighted by Gasteiger charge is -2.10. The Bertz CT molecular complexity index is 554. The monoisotopic (exact) mass is 301 g/mol. The van der Waals surface area contributed by atoms with Crippen molar-refractivity contribution < 1.29 is 23.1 Å². The number of ether oxygens (including phenoxy) is 1. The highest BCUT2D eigenvalue weighted by Gasteiger charge is 2.14. The van der Waals surface area contributed by atoms with E-state index in [9.17, 15) is 18.3 Å². The van der Waals surface area contributed by atoms with Gasteiger partial charge in [-0.3, -0.25) is 9.52 Å². The number of nitrogens with one attached hydrogen (secondary N) is 1. The second-order valence-electron chi connectivity index (χ2n) is 4.28. The Morgan fingerprint density at radius 1 is 1.45 bits per heavy atom. The SMILES string of the molecule is CCOC(=O)CCS(=O)(=O)Nc1cccc(C(C)O)c1. The normalized spacial score (nSPS) is 12.8. The molecule has 6 nitrogen and oxygen atoms in total. The number of anilines is 1. The molecule has 1 rings (SSSR count). The summed E-state index contributed by atoms with van der Waals surface area (Å²) in [5, 5.41) is 9.44. The molecule has 0 aliphatic rings. The third-order valence-electron chi connectivity index (χ3n) is 2.52. The van der Waals surface area contributed by atoms with Crippen molar-refractivity contribution in [2.75, 3.05) is 17.1 Å². The van der Waals surface area contributed by atoms with Gasteiger partial charge in [-0.05, 0) is 31.5 Å². The first-order valence-electron chi connectivity index (χ1n) is 6.28. The molecule has 0 radical (unpaired) electrons. The molecule has 1 atom stereocenters. The van der Waals surface area contributed by atoms with E-state index >= 15 is 0 Å². The quantitative estimate of drug-likeness (QED) is 0.743. The first-order chi connectivity index (χ1) is 9.34. The van der Waals surface area contributed by atoms with Gasteiger partial charge in [0.05, 0.1) is 24.9 Å². The summed E-state index contributed by atoms with van der Waals surface area (Å²) in [4.78, 5) is 11.1. The molecule has 0 aromatic heterocycles. The van der Waals surface area contributed by atoms with Gasteiger partial charge >= 0.3 is 5.97 Å². The minimum atomic E-state index is -3.62. The number of esters is 1. The van der Waals surface area contributed by atoms with Crippen molar-refractivity contribution in [1.29, 1.82) is 0 Å². The number of rotatable bonds is 7. The van der Waals surface area contributed by atoms with Crippen molar-refractivity contribution >= 4 is 21.7 Å². The summed E-state index contributed by atoms with van der Waals surface area (Å²) >= 11 is 0. The maximum Gasteiger partial charge on any atom is 0.306 e. The molecule has 2 N–H and O–H groups in total. The van der Waals surface area contributed by atoms with E-state index in [0.29, 0.717) is 11.3 Å². The number of aliphatic hydroxyl groups excluding tert-OH is 1. The molecule has 0 aliphatic carbocycles. The summed E-state index contributed by atoms with van der Waals surface area (Å²) in [6.07, 6.45) is -0.877. The van der Waals surface area contributed by atoms with Crippen LogP contribution in [0.4, 0.5) is 5.69 Å². The van der Waals surface area contributed by atoms with Crippen molar-refractivity contribution in [3.05, 3.63) is 29.8 Å². The Morgan fingerprint density at radius 2 is 2.15 bits per heavy atom. The average Bonchev–Trinajstić information content (AvgIpc) is 2.37. The number of sulfonamides is 1. The zero-order valence-corrected chi connectivity index (χ0v) is 12.3. The van der Waals surface area contributed by atoms with Crippen molar-refractivity contribution in [1.82, 2.24) is 0 Å². The lowest BCUT2D eigenvalue weighted by atomic mass is 10.1. The molecular formula is C13H19NO5S. The van der Waals surface area contributed by atoms with E-state index in [1.165, 1.54) is 0 Å². The molecule has 0 saturated carbocycles. The second-order valence-corrected chi connectivity index (χ2v) is 6.12.